The van der Waals surface area contributed by atoms with E-state index < -0.39 is 0 Å². The average molecular weight is 312 g/mol. The zero-order valence-corrected chi connectivity index (χ0v) is 12.7. The van der Waals surface area contributed by atoms with Crippen LogP contribution in [0.4, 0.5) is 4.39 Å². The summed E-state index contributed by atoms with van der Waals surface area (Å²) >= 11 is 12.0. The first-order valence-electron chi connectivity index (χ1n) is 6.53. The fourth-order valence-corrected chi connectivity index (χ4v) is 2.61. The minimum atomic E-state index is -0.248. The number of likely N-dealkylation sites (N-methyl/N-ethyl adjacent to an activating group) is 1. The molecule has 1 nitrogen and oxygen atoms in total. The second-order valence-corrected chi connectivity index (χ2v) is 5.48. The Morgan fingerprint density at radius 1 is 1.10 bits per heavy atom. The standard InChI is InChI=1S/C16H16Cl2FN/c1-2-20-16(9-11-4-3-5-12(17)8-11)14-10-13(18)6-7-15(14)19/h3-8,10,16,20H,2,9H2,1H3. The molecular formula is C16H16Cl2FN. The first kappa shape index (κ1) is 15.3. The van der Waals surface area contributed by atoms with E-state index in [9.17, 15) is 4.39 Å². The van der Waals surface area contributed by atoms with E-state index in [2.05, 4.69) is 5.32 Å². The molecule has 2 aromatic rings. The van der Waals surface area contributed by atoms with Gasteiger partial charge in [-0.2, -0.15) is 0 Å². The van der Waals surface area contributed by atoms with E-state index in [1.807, 2.05) is 31.2 Å². The van der Waals surface area contributed by atoms with Gasteiger partial charge < -0.3 is 5.32 Å². The molecule has 2 aromatic carbocycles. The number of hydrogen-bond acceptors (Lipinski definition) is 1. The maximum absolute atomic E-state index is 14.0. The second kappa shape index (κ2) is 7.07. The van der Waals surface area contributed by atoms with Gasteiger partial charge in [0.2, 0.25) is 0 Å². The van der Waals surface area contributed by atoms with Gasteiger partial charge in [0.1, 0.15) is 5.82 Å². The van der Waals surface area contributed by atoms with E-state index in [1.54, 1.807) is 12.1 Å². The van der Waals surface area contributed by atoms with Gasteiger partial charge in [0.05, 0.1) is 0 Å². The van der Waals surface area contributed by atoms with Crippen LogP contribution < -0.4 is 5.32 Å². The molecule has 0 fully saturated rings. The molecule has 0 aliphatic carbocycles. The lowest BCUT2D eigenvalue weighted by Crippen LogP contribution is -2.24. The highest BCUT2D eigenvalue weighted by Crippen LogP contribution is 2.25. The fourth-order valence-electron chi connectivity index (χ4n) is 2.22. The van der Waals surface area contributed by atoms with E-state index in [4.69, 9.17) is 23.2 Å². The molecule has 106 valence electrons. The summed E-state index contributed by atoms with van der Waals surface area (Å²) in [7, 11) is 0. The monoisotopic (exact) mass is 311 g/mol. The molecule has 4 heteroatoms. The summed E-state index contributed by atoms with van der Waals surface area (Å²) < 4.78 is 14.0. The molecule has 0 aromatic heterocycles. The Bertz CT molecular complexity index is 586. The minimum Gasteiger partial charge on any atom is -0.310 e. The molecule has 1 N–H and O–H groups in total. The average Bonchev–Trinajstić information content (AvgIpc) is 2.41. The molecule has 0 saturated heterocycles. The molecule has 0 saturated carbocycles. The first-order chi connectivity index (χ1) is 9.60. The molecule has 0 heterocycles. The van der Waals surface area contributed by atoms with Gasteiger partial charge in [-0.05, 0) is 48.9 Å². The van der Waals surface area contributed by atoms with Crippen LogP contribution in [0.5, 0.6) is 0 Å². The zero-order chi connectivity index (χ0) is 14.5. The Morgan fingerprint density at radius 2 is 1.85 bits per heavy atom. The van der Waals surface area contributed by atoms with Gasteiger partial charge in [0.25, 0.3) is 0 Å². The minimum absolute atomic E-state index is 0.128. The van der Waals surface area contributed by atoms with E-state index in [1.165, 1.54) is 6.07 Å². The van der Waals surface area contributed by atoms with Crippen molar-refractivity contribution in [2.75, 3.05) is 6.54 Å². The summed E-state index contributed by atoms with van der Waals surface area (Å²) in [6.45, 7) is 2.74. The summed E-state index contributed by atoms with van der Waals surface area (Å²) in [5.41, 5.74) is 1.64. The van der Waals surface area contributed by atoms with Crippen molar-refractivity contribution in [2.24, 2.45) is 0 Å². The summed E-state index contributed by atoms with van der Waals surface area (Å²) in [4.78, 5) is 0. The molecule has 1 atom stereocenters. The summed E-state index contributed by atoms with van der Waals surface area (Å²) in [6.07, 6.45) is 0.658. The largest absolute Gasteiger partial charge is 0.310 e. The van der Waals surface area contributed by atoms with E-state index >= 15 is 0 Å². The number of hydrogen-bond donors (Lipinski definition) is 1. The number of nitrogens with one attached hydrogen (secondary N) is 1. The van der Waals surface area contributed by atoms with Crippen molar-refractivity contribution < 1.29 is 4.39 Å². The summed E-state index contributed by atoms with van der Waals surface area (Å²) in [5.74, 6) is -0.248. The lowest BCUT2D eigenvalue weighted by Gasteiger charge is -2.19. The highest BCUT2D eigenvalue weighted by molar-refractivity contribution is 6.30. The third-order valence-electron chi connectivity index (χ3n) is 3.11. The topological polar surface area (TPSA) is 12.0 Å². The van der Waals surface area contributed by atoms with Gasteiger partial charge in [-0.3, -0.25) is 0 Å². The molecule has 2 rings (SSSR count). The Balaban J connectivity index is 2.29. The van der Waals surface area contributed by atoms with Crippen LogP contribution in [-0.2, 0) is 6.42 Å². The lowest BCUT2D eigenvalue weighted by molar-refractivity contribution is 0.510. The molecular weight excluding hydrogens is 296 g/mol. The van der Waals surface area contributed by atoms with Crippen LogP contribution in [-0.4, -0.2) is 6.54 Å². The Labute approximate surface area is 128 Å². The number of halogens is 3. The zero-order valence-electron chi connectivity index (χ0n) is 11.2. The van der Waals surface area contributed by atoms with Crippen molar-refractivity contribution in [3.8, 4) is 0 Å². The molecule has 0 aliphatic heterocycles. The van der Waals surface area contributed by atoms with Gasteiger partial charge in [-0.1, -0.05) is 42.3 Å². The van der Waals surface area contributed by atoms with Crippen LogP contribution in [0, 0.1) is 5.82 Å². The van der Waals surface area contributed by atoms with Crippen LogP contribution in [0.1, 0.15) is 24.1 Å². The van der Waals surface area contributed by atoms with Crippen molar-refractivity contribution in [3.63, 3.8) is 0 Å². The molecule has 0 aliphatic rings. The van der Waals surface area contributed by atoms with Crippen molar-refractivity contribution in [3.05, 3.63) is 69.5 Å². The third-order valence-corrected chi connectivity index (χ3v) is 3.58. The highest BCUT2D eigenvalue weighted by atomic mass is 35.5. The van der Waals surface area contributed by atoms with Crippen molar-refractivity contribution in [2.45, 2.75) is 19.4 Å². The quantitative estimate of drug-likeness (QED) is 0.817. The first-order valence-corrected chi connectivity index (χ1v) is 7.28. The van der Waals surface area contributed by atoms with Crippen LogP contribution in [0.25, 0.3) is 0 Å². The maximum atomic E-state index is 14.0. The SMILES string of the molecule is CCNC(Cc1cccc(Cl)c1)c1cc(Cl)ccc1F. The summed E-state index contributed by atoms with van der Waals surface area (Å²) in [5, 5.41) is 4.52. The molecule has 20 heavy (non-hydrogen) atoms. The Hall–Kier alpha value is -1.09. The molecule has 0 radical (unpaired) electrons. The third kappa shape index (κ3) is 3.95. The predicted molar refractivity (Wildman–Crippen MR) is 83.0 cm³/mol. The lowest BCUT2D eigenvalue weighted by atomic mass is 9.98. The smallest absolute Gasteiger partial charge is 0.128 e. The van der Waals surface area contributed by atoms with Gasteiger partial charge in [0.15, 0.2) is 0 Å². The van der Waals surface area contributed by atoms with Crippen LogP contribution >= 0.6 is 23.2 Å². The number of rotatable bonds is 5. The molecule has 0 spiro atoms. The van der Waals surface area contributed by atoms with Gasteiger partial charge in [0, 0.05) is 21.7 Å². The fraction of sp³-hybridized carbons (Fsp3) is 0.250. The second-order valence-electron chi connectivity index (χ2n) is 4.61. The number of benzene rings is 2. The van der Waals surface area contributed by atoms with Crippen molar-refractivity contribution >= 4 is 23.2 Å². The van der Waals surface area contributed by atoms with Crippen LogP contribution in [0.2, 0.25) is 10.0 Å². The maximum Gasteiger partial charge on any atom is 0.128 e. The summed E-state index contributed by atoms with van der Waals surface area (Å²) in [6, 6.07) is 12.1. The highest BCUT2D eigenvalue weighted by Gasteiger charge is 2.16. The van der Waals surface area contributed by atoms with Crippen molar-refractivity contribution in [1.29, 1.82) is 0 Å². The van der Waals surface area contributed by atoms with Crippen LogP contribution in [0.15, 0.2) is 42.5 Å². The molecule has 0 bridgehead atoms. The van der Waals surface area contributed by atoms with Crippen LogP contribution in [0.3, 0.4) is 0 Å². The van der Waals surface area contributed by atoms with Gasteiger partial charge in [-0.25, -0.2) is 4.39 Å². The van der Waals surface area contributed by atoms with E-state index in [0.717, 1.165) is 12.1 Å². The van der Waals surface area contributed by atoms with E-state index in [0.29, 0.717) is 22.0 Å². The van der Waals surface area contributed by atoms with Gasteiger partial charge >= 0.3 is 0 Å². The Kier molecular flexibility index (Phi) is 5.41. The van der Waals surface area contributed by atoms with Gasteiger partial charge in [-0.15, -0.1) is 0 Å². The molecule has 1 unspecified atom stereocenters. The Morgan fingerprint density at radius 3 is 2.55 bits per heavy atom. The normalized spacial score (nSPS) is 12.4. The van der Waals surface area contributed by atoms with Crippen molar-refractivity contribution in [1.82, 2.24) is 5.32 Å². The van der Waals surface area contributed by atoms with E-state index in [-0.39, 0.29) is 11.9 Å². The predicted octanol–water partition coefficient (Wildman–Crippen LogP) is 5.03. The molecule has 0 amide bonds.